The van der Waals surface area contributed by atoms with Gasteiger partial charge >= 0.3 is 0 Å². The number of fused-ring (bicyclic) bond motifs is 14. The predicted molar refractivity (Wildman–Crippen MR) is 209 cm³/mol. The lowest BCUT2D eigenvalue weighted by Crippen LogP contribution is -2.32. The average Bonchev–Trinajstić information content (AvgIpc) is 3.64. The third-order valence-electron chi connectivity index (χ3n) is 11.4. The van der Waals surface area contributed by atoms with Gasteiger partial charge in [0.15, 0.2) is 0 Å². The SMILES string of the molecule is Brc1cc2c3cccc4cccc(c43)n3c4ccc(-c5ccc6c(c5)-c5ccccc5C65c6ccccc6Oc6ccccc65)cc4c(c1)c23. The van der Waals surface area contributed by atoms with E-state index in [1.165, 1.54) is 93.4 Å². The molecule has 0 unspecified atom stereocenters. The normalized spacial score (nSPS) is 14.0. The fourth-order valence-corrected chi connectivity index (χ4v) is 9.98. The van der Waals surface area contributed by atoms with E-state index in [1.807, 2.05) is 0 Å². The summed E-state index contributed by atoms with van der Waals surface area (Å²) in [4.78, 5) is 0. The van der Waals surface area contributed by atoms with Gasteiger partial charge in [0.05, 0.1) is 22.0 Å². The van der Waals surface area contributed by atoms with Crippen molar-refractivity contribution in [3.63, 3.8) is 0 Å². The van der Waals surface area contributed by atoms with E-state index in [4.69, 9.17) is 4.74 Å². The number of hydrogen-bond donors (Lipinski definition) is 0. The van der Waals surface area contributed by atoms with Gasteiger partial charge in [0, 0.05) is 37.1 Å². The van der Waals surface area contributed by atoms with E-state index in [2.05, 4.69) is 178 Å². The maximum absolute atomic E-state index is 6.53. The van der Waals surface area contributed by atoms with Crippen molar-refractivity contribution >= 4 is 64.8 Å². The molecular weight excluding hydrogens is 674 g/mol. The average molecular weight is 701 g/mol. The van der Waals surface area contributed by atoms with Crippen LogP contribution < -0.4 is 4.74 Å². The van der Waals surface area contributed by atoms with Crippen LogP contribution in [0.1, 0.15) is 22.3 Å². The molecule has 2 aliphatic rings. The van der Waals surface area contributed by atoms with Crippen LogP contribution in [-0.4, -0.2) is 4.40 Å². The van der Waals surface area contributed by atoms with Crippen LogP contribution >= 0.6 is 15.9 Å². The first-order valence-corrected chi connectivity index (χ1v) is 17.9. The molecule has 0 saturated heterocycles. The summed E-state index contributed by atoms with van der Waals surface area (Å²) in [7, 11) is 0. The number of nitrogens with zero attached hydrogens (tertiary/aromatic N) is 1. The van der Waals surface area contributed by atoms with E-state index >= 15 is 0 Å². The summed E-state index contributed by atoms with van der Waals surface area (Å²) in [5.74, 6) is 1.83. The minimum atomic E-state index is -0.457. The number of pyridine rings is 1. The standard InChI is InChI=1S/C47H26BrNO/c48-30-25-35-32-12-7-9-27-10-8-16-42(45(27)32)49-41-22-20-29(24-34(41)36(26-30)46(35)49)28-19-21-38-33(23-28)31-11-1-2-13-37(31)47(38)39-14-3-5-17-43(39)50-44-18-6-4-15-40(44)47/h1-26H. The van der Waals surface area contributed by atoms with Crippen LogP contribution in [0.2, 0.25) is 0 Å². The Morgan fingerprint density at radius 2 is 1.10 bits per heavy atom. The Morgan fingerprint density at radius 1 is 0.460 bits per heavy atom. The van der Waals surface area contributed by atoms with Crippen LogP contribution in [0.15, 0.2) is 162 Å². The Labute approximate surface area is 296 Å². The zero-order chi connectivity index (χ0) is 32.7. The number of halogens is 1. The van der Waals surface area contributed by atoms with E-state index in [1.54, 1.807) is 0 Å². The molecule has 0 atom stereocenters. The first-order chi connectivity index (χ1) is 24.7. The Morgan fingerprint density at radius 3 is 1.90 bits per heavy atom. The smallest absolute Gasteiger partial charge is 0.132 e. The van der Waals surface area contributed by atoms with Gasteiger partial charge in [0.1, 0.15) is 11.5 Å². The van der Waals surface area contributed by atoms with E-state index in [0.717, 1.165) is 16.0 Å². The molecular formula is C47H26BrNO. The lowest BCUT2D eigenvalue weighted by molar-refractivity contribution is 0.436. The van der Waals surface area contributed by atoms with Crippen LogP contribution in [0.5, 0.6) is 11.5 Å². The van der Waals surface area contributed by atoms with Crippen molar-refractivity contribution in [3.05, 3.63) is 184 Å². The van der Waals surface area contributed by atoms with E-state index in [9.17, 15) is 0 Å². The minimum absolute atomic E-state index is 0.457. The molecule has 0 fully saturated rings. The second-order valence-electron chi connectivity index (χ2n) is 13.7. The summed E-state index contributed by atoms with van der Waals surface area (Å²) in [5, 5.41) is 7.66. The first-order valence-electron chi connectivity index (χ1n) is 17.1. The van der Waals surface area contributed by atoms with Crippen molar-refractivity contribution in [2.24, 2.45) is 0 Å². The largest absolute Gasteiger partial charge is 0.457 e. The third-order valence-corrected chi connectivity index (χ3v) is 11.9. The second kappa shape index (κ2) is 9.41. The number of aromatic nitrogens is 1. The van der Waals surface area contributed by atoms with E-state index in [0.29, 0.717) is 0 Å². The highest BCUT2D eigenvalue weighted by Crippen LogP contribution is 2.62. The van der Waals surface area contributed by atoms with Gasteiger partial charge in [0.2, 0.25) is 0 Å². The summed E-state index contributed by atoms with van der Waals surface area (Å²) in [5.41, 5.74) is 13.2. The molecule has 50 heavy (non-hydrogen) atoms. The highest BCUT2D eigenvalue weighted by atomic mass is 79.9. The van der Waals surface area contributed by atoms with Crippen LogP contribution in [0.4, 0.5) is 0 Å². The van der Waals surface area contributed by atoms with Crippen molar-refractivity contribution in [3.8, 4) is 33.8 Å². The molecule has 232 valence electrons. The Hall–Kier alpha value is -5.90. The van der Waals surface area contributed by atoms with Gasteiger partial charge in [-0.05, 0) is 92.7 Å². The first kappa shape index (κ1) is 27.0. The molecule has 0 N–H and O–H groups in total. The Balaban J connectivity index is 1.13. The zero-order valence-electron chi connectivity index (χ0n) is 26.7. The summed E-state index contributed by atoms with van der Waals surface area (Å²) in [6.07, 6.45) is 0. The molecule has 0 amide bonds. The van der Waals surface area contributed by atoms with Crippen molar-refractivity contribution in [1.29, 1.82) is 0 Å². The topological polar surface area (TPSA) is 13.6 Å². The third kappa shape index (κ3) is 3.20. The Bertz CT molecular complexity index is 3040. The molecule has 8 aromatic carbocycles. The summed E-state index contributed by atoms with van der Waals surface area (Å²) < 4.78 is 10.1. The van der Waals surface area contributed by atoms with Crippen molar-refractivity contribution in [2.75, 3.05) is 0 Å². The lowest BCUT2D eigenvalue weighted by Gasteiger charge is -2.39. The van der Waals surface area contributed by atoms with Crippen LogP contribution in [0.3, 0.4) is 0 Å². The number of hydrogen-bond acceptors (Lipinski definition) is 1. The predicted octanol–water partition coefficient (Wildman–Crippen LogP) is 12.9. The molecule has 3 heterocycles. The van der Waals surface area contributed by atoms with Gasteiger partial charge in [-0.1, -0.05) is 125 Å². The molecule has 2 aromatic heterocycles. The second-order valence-corrected chi connectivity index (χ2v) is 14.7. The van der Waals surface area contributed by atoms with Crippen molar-refractivity contribution in [1.82, 2.24) is 4.40 Å². The highest BCUT2D eigenvalue weighted by molar-refractivity contribution is 9.10. The summed E-state index contributed by atoms with van der Waals surface area (Å²) >= 11 is 3.88. The molecule has 10 aromatic rings. The van der Waals surface area contributed by atoms with Gasteiger partial charge < -0.3 is 9.14 Å². The van der Waals surface area contributed by atoms with Gasteiger partial charge in [-0.3, -0.25) is 0 Å². The fourth-order valence-electron chi connectivity index (χ4n) is 9.52. The van der Waals surface area contributed by atoms with E-state index < -0.39 is 5.41 Å². The van der Waals surface area contributed by atoms with Crippen LogP contribution in [0, 0.1) is 0 Å². The highest BCUT2D eigenvalue weighted by Gasteiger charge is 2.50. The number of ether oxygens (including phenoxy) is 1. The summed E-state index contributed by atoms with van der Waals surface area (Å²) in [6.45, 7) is 0. The Kier molecular flexibility index (Phi) is 5.08. The number of benzene rings is 8. The maximum atomic E-state index is 6.53. The molecule has 3 heteroatoms. The molecule has 2 nitrogen and oxygen atoms in total. The fraction of sp³-hybridized carbons (Fsp3) is 0.0213. The maximum Gasteiger partial charge on any atom is 0.132 e. The molecule has 1 spiro atoms. The zero-order valence-corrected chi connectivity index (χ0v) is 28.3. The summed E-state index contributed by atoms with van der Waals surface area (Å²) in [6, 6.07) is 58.1. The van der Waals surface area contributed by atoms with Crippen LogP contribution in [0.25, 0.3) is 71.1 Å². The van der Waals surface area contributed by atoms with Gasteiger partial charge in [-0.15, -0.1) is 0 Å². The van der Waals surface area contributed by atoms with Crippen molar-refractivity contribution < 1.29 is 4.74 Å². The quantitative estimate of drug-likeness (QED) is 0.123. The van der Waals surface area contributed by atoms with Crippen LogP contribution in [-0.2, 0) is 5.41 Å². The molecule has 1 aliphatic heterocycles. The molecule has 12 rings (SSSR count). The van der Waals surface area contributed by atoms with Gasteiger partial charge in [-0.2, -0.15) is 0 Å². The number of rotatable bonds is 1. The van der Waals surface area contributed by atoms with E-state index in [-0.39, 0.29) is 0 Å². The molecule has 0 saturated carbocycles. The van der Waals surface area contributed by atoms with Gasteiger partial charge in [-0.25, -0.2) is 0 Å². The molecule has 1 aliphatic carbocycles. The lowest BCUT2D eigenvalue weighted by atomic mass is 9.66. The number of para-hydroxylation sites is 2. The monoisotopic (exact) mass is 699 g/mol. The minimum Gasteiger partial charge on any atom is -0.457 e. The van der Waals surface area contributed by atoms with Gasteiger partial charge in [0.25, 0.3) is 0 Å². The molecule has 0 radical (unpaired) electrons. The molecule has 0 bridgehead atoms. The van der Waals surface area contributed by atoms with Crippen molar-refractivity contribution in [2.45, 2.75) is 5.41 Å².